The van der Waals surface area contributed by atoms with E-state index in [1.807, 2.05) is 0 Å². The molecule has 2 aliphatic rings. The summed E-state index contributed by atoms with van der Waals surface area (Å²) in [4.78, 5) is 0. The summed E-state index contributed by atoms with van der Waals surface area (Å²) in [5.41, 5.74) is 9.35. The first-order valence-corrected chi connectivity index (χ1v) is 7.15. The summed E-state index contributed by atoms with van der Waals surface area (Å²) in [5, 5.41) is 0. The standard InChI is InChI=1S/C16H23NO/c1-12-5-2-3-6-14(12)15(17)13-7-10-18-16(11-13)8-4-9-16/h2-3,5-6,13,15H,4,7-11,17H2,1H3. The van der Waals surface area contributed by atoms with Crippen molar-refractivity contribution in [1.29, 1.82) is 0 Å². The van der Waals surface area contributed by atoms with Crippen LogP contribution in [0.3, 0.4) is 0 Å². The zero-order chi connectivity index (χ0) is 12.6. The number of hydrogen-bond acceptors (Lipinski definition) is 2. The zero-order valence-corrected chi connectivity index (χ0v) is 11.2. The van der Waals surface area contributed by atoms with E-state index in [-0.39, 0.29) is 11.6 Å². The predicted octanol–water partition coefficient (Wildman–Crippen LogP) is 3.34. The molecule has 1 saturated carbocycles. The van der Waals surface area contributed by atoms with E-state index in [4.69, 9.17) is 10.5 Å². The molecule has 2 nitrogen and oxygen atoms in total. The highest BCUT2D eigenvalue weighted by molar-refractivity contribution is 5.29. The predicted molar refractivity (Wildman–Crippen MR) is 73.4 cm³/mol. The zero-order valence-electron chi connectivity index (χ0n) is 11.2. The van der Waals surface area contributed by atoms with E-state index in [0.717, 1.165) is 19.4 Å². The minimum Gasteiger partial charge on any atom is -0.375 e. The molecule has 2 heteroatoms. The molecule has 0 radical (unpaired) electrons. The Morgan fingerprint density at radius 2 is 2.11 bits per heavy atom. The summed E-state index contributed by atoms with van der Waals surface area (Å²) in [5.74, 6) is 0.583. The Balaban J connectivity index is 1.76. The Kier molecular flexibility index (Phi) is 3.16. The average Bonchev–Trinajstić information content (AvgIpc) is 2.37. The summed E-state index contributed by atoms with van der Waals surface area (Å²) < 4.78 is 5.99. The van der Waals surface area contributed by atoms with Crippen LogP contribution in [0.25, 0.3) is 0 Å². The molecule has 1 aromatic rings. The summed E-state index contributed by atoms with van der Waals surface area (Å²) in [7, 11) is 0. The van der Waals surface area contributed by atoms with E-state index in [1.54, 1.807) is 0 Å². The SMILES string of the molecule is Cc1ccccc1C(N)C1CCOC2(CCC2)C1. The molecule has 18 heavy (non-hydrogen) atoms. The molecule has 0 aromatic heterocycles. The van der Waals surface area contributed by atoms with Crippen molar-refractivity contribution in [3.8, 4) is 0 Å². The van der Waals surface area contributed by atoms with Gasteiger partial charge in [0.15, 0.2) is 0 Å². The maximum atomic E-state index is 6.51. The lowest BCUT2D eigenvalue weighted by Crippen LogP contribution is -2.47. The molecule has 1 aromatic carbocycles. The second-order valence-corrected chi connectivity index (χ2v) is 6.02. The highest BCUT2D eigenvalue weighted by Gasteiger charge is 2.43. The van der Waals surface area contributed by atoms with Gasteiger partial charge in [-0.1, -0.05) is 24.3 Å². The van der Waals surface area contributed by atoms with E-state index in [1.165, 1.54) is 30.4 Å². The van der Waals surface area contributed by atoms with Crippen LogP contribution in [0, 0.1) is 12.8 Å². The minimum atomic E-state index is 0.174. The molecule has 2 fully saturated rings. The van der Waals surface area contributed by atoms with Crippen molar-refractivity contribution in [1.82, 2.24) is 0 Å². The average molecular weight is 245 g/mol. The summed E-state index contributed by atoms with van der Waals surface area (Å²) in [6, 6.07) is 8.70. The van der Waals surface area contributed by atoms with Crippen LogP contribution in [0.2, 0.25) is 0 Å². The smallest absolute Gasteiger partial charge is 0.0686 e. The fourth-order valence-electron chi connectivity index (χ4n) is 3.51. The lowest BCUT2D eigenvalue weighted by Gasteiger charge is -2.48. The van der Waals surface area contributed by atoms with E-state index >= 15 is 0 Å². The third-order valence-corrected chi connectivity index (χ3v) is 4.85. The quantitative estimate of drug-likeness (QED) is 0.867. The first-order valence-electron chi connectivity index (χ1n) is 7.15. The summed E-state index contributed by atoms with van der Waals surface area (Å²) in [6.45, 7) is 3.05. The number of ether oxygens (including phenoxy) is 1. The molecule has 0 bridgehead atoms. The molecular formula is C16H23NO. The maximum Gasteiger partial charge on any atom is 0.0686 e. The molecule has 1 spiro atoms. The van der Waals surface area contributed by atoms with Gasteiger partial charge in [0, 0.05) is 12.6 Å². The fraction of sp³-hybridized carbons (Fsp3) is 0.625. The first-order chi connectivity index (χ1) is 8.70. The molecule has 98 valence electrons. The van der Waals surface area contributed by atoms with Crippen molar-refractivity contribution in [3.63, 3.8) is 0 Å². The highest BCUT2D eigenvalue weighted by atomic mass is 16.5. The van der Waals surface area contributed by atoms with Gasteiger partial charge in [-0.15, -0.1) is 0 Å². The summed E-state index contributed by atoms with van der Waals surface area (Å²) >= 11 is 0. The second-order valence-electron chi connectivity index (χ2n) is 6.02. The molecular weight excluding hydrogens is 222 g/mol. The van der Waals surface area contributed by atoms with E-state index in [2.05, 4.69) is 31.2 Å². The molecule has 3 rings (SSSR count). The van der Waals surface area contributed by atoms with Crippen molar-refractivity contribution in [2.75, 3.05) is 6.61 Å². The normalized spacial score (nSPS) is 27.8. The highest BCUT2D eigenvalue weighted by Crippen LogP contribution is 2.46. The number of aryl methyl sites for hydroxylation is 1. The van der Waals surface area contributed by atoms with Crippen LogP contribution in [0.5, 0.6) is 0 Å². The third-order valence-electron chi connectivity index (χ3n) is 4.85. The molecule has 1 heterocycles. The van der Waals surface area contributed by atoms with Gasteiger partial charge in [0.05, 0.1) is 5.60 Å². The summed E-state index contributed by atoms with van der Waals surface area (Å²) in [6.07, 6.45) is 6.07. The van der Waals surface area contributed by atoms with Gasteiger partial charge in [0.2, 0.25) is 0 Å². The van der Waals surface area contributed by atoms with Gasteiger partial charge in [-0.2, -0.15) is 0 Å². The Morgan fingerprint density at radius 1 is 1.33 bits per heavy atom. The maximum absolute atomic E-state index is 6.51. The van der Waals surface area contributed by atoms with Crippen molar-refractivity contribution in [2.45, 2.75) is 50.7 Å². The monoisotopic (exact) mass is 245 g/mol. The van der Waals surface area contributed by atoms with Gasteiger partial charge in [-0.05, 0) is 56.1 Å². The lowest BCUT2D eigenvalue weighted by molar-refractivity contribution is -0.146. The molecule has 1 aliphatic carbocycles. The van der Waals surface area contributed by atoms with Crippen LogP contribution in [0.4, 0.5) is 0 Å². The number of nitrogens with two attached hydrogens (primary N) is 1. The van der Waals surface area contributed by atoms with Crippen LogP contribution >= 0.6 is 0 Å². The van der Waals surface area contributed by atoms with Gasteiger partial charge in [-0.3, -0.25) is 0 Å². The molecule has 1 aliphatic heterocycles. The van der Waals surface area contributed by atoms with Gasteiger partial charge in [-0.25, -0.2) is 0 Å². The topological polar surface area (TPSA) is 35.2 Å². The van der Waals surface area contributed by atoms with E-state index in [9.17, 15) is 0 Å². The number of benzene rings is 1. The van der Waals surface area contributed by atoms with Gasteiger partial charge in [0.1, 0.15) is 0 Å². The van der Waals surface area contributed by atoms with Crippen molar-refractivity contribution < 1.29 is 4.74 Å². The van der Waals surface area contributed by atoms with Crippen LogP contribution in [-0.4, -0.2) is 12.2 Å². The van der Waals surface area contributed by atoms with Crippen molar-refractivity contribution in [2.24, 2.45) is 11.7 Å². The van der Waals surface area contributed by atoms with Gasteiger partial charge < -0.3 is 10.5 Å². The molecule has 1 saturated heterocycles. The largest absolute Gasteiger partial charge is 0.375 e. The van der Waals surface area contributed by atoms with E-state index in [0.29, 0.717) is 5.92 Å². The first kappa shape index (κ1) is 12.2. The molecule has 0 amide bonds. The van der Waals surface area contributed by atoms with Gasteiger partial charge in [0.25, 0.3) is 0 Å². The number of hydrogen-bond donors (Lipinski definition) is 1. The van der Waals surface area contributed by atoms with Crippen LogP contribution in [0.15, 0.2) is 24.3 Å². The third kappa shape index (κ3) is 2.08. The van der Waals surface area contributed by atoms with Crippen LogP contribution < -0.4 is 5.73 Å². The van der Waals surface area contributed by atoms with Crippen LogP contribution in [-0.2, 0) is 4.74 Å². The Morgan fingerprint density at radius 3 is 2.78 bits per heavy atom. The Bertz CT molecular complexity index is 425. The second kappa shape index (κ2) is 4.67. The van der Waals surface area contributed by atoms with Crippen LogP contribution in [0.1, 0.15) is 49.3 Å². The fourth-order valence-corrected chi connectivity index (χ4v) is 3.51. The molecule has 2 N–H and O–H groups in total. The Labute approximate surface area is 110 Å². The Hall–Kier alpha value is -0.860. The van der Waals surface area contributed by atoms with Crippen molar-refractivity contribution in [3.05, 3.63) is 35.4 Å². The van der Waals surface area contributed by atoms with E-state index < -0.39 is 0 Å². The lowest BCUT2D eigenvalue weighted by atomic mass is 9.69. The molecule has 2 unspecified atom stereocenters. The minimum absolute atomic E-state index is 0.174. The number of rotatable bonds is 2. The van der Waals surface area contributed by atoms with Gasteiger partial charge >= 0.3 is 0 Å². The van der Waals surface area contributed by atoms with Crippen molar-refractivity contribution >= 4 is 0 Å². The molecule has 2 atom stereocenters.